The third kappa shape index (κ3) is 3.85. The predicted molar refractivity (Wildman–Crippen MR) is 74.4 cm³/mol. The molecule has 1 aromatic rings. The lowest BCUT2D eigenvalue weighted by molar-refractivity contribution is -0.122. The Hall–Kier alpha value is -0.290. The first kappa shape index (κ1) is 14.8. The molecule has 2 heterocycles. The molecule has 1 saturated heterocycles. The number of hydrogen-bond donors (Lipinski definition) is 2. The Kier molecular flexibility index (Phi) is 5.73. The van der Waals surface area contributed by atoms with Crippen LogP contribution in [-0.2, 0) is 4.79 Å². The maximum Gasteiger partial charge on any atom is 0.228 e. The zero-order valence-corrected chi connectivity index (χ0v) is 11.9. The summed E-state index contributed by atoms with van der Waals surface area (Å²) in [4.78, 5) is 12.9. The second-order valence-corrected chi connectivity index (χ2v) is 5.88. The van der Waals surface area contributed by atoms with Crippen molar-refractivity contribution < 1.29 is 4.79 Å². The normalized spacial score (nSPS) is 16.8. The minimum atomic E-state index is -0.106. The Labute approximate surface area is 116 Å². The van der Waals surface area contributed by atoms with Gasteiger partial charge in [0.25, 0.3) is 0 Å². The number of halogens is 2. The summed E-state index contributed by atoms with van der Waals surface area (Å²) in [6.45, 7) is 4.71. The van der Waals surface area contributed by atoms with E-state index in [0.717, 1.165) is 28.8 Å². The number of carbonyl (C=O) groups is 1. The van der Waals surface area contributed by atoms with E-state index in [1.165, 1.54) is 11.3 Å². The van der Waals surface area contributed by atoms with Gasteiger partial charge >= 0.3 is 0 Å². The van der Waals surface area contributed by atoms with Gasteiger partial charge < -0.3 is 10.6 Å². The van der Waals surface area contributed by atoms with E-state index >= 15 is 0 Å². The van der Waals surface area contributed by atoms with E-state index in [9.17, 15) is 4.79 Å². The zero-order chi connectivity index (χ0) is 11.5. The van der Waals surface area contributed by atoms with E-state index in [4.69, 9.17) is 11.6 Å². The second-order valence-electron chi connectivity index (χ2n) is 4.13. The molecule has 17 heavy (non-hydrogen) atoms. The number of carbonyl (C=O) groups excluding carboxylic acids is 1. The van der Waals surface area contributed by atoms with Crippen molar-refractivity contribution >= 4 is 41.3 Å². The summed E-state index contributed by atoms with van der Waals surface area (Å²) in [6, 6.07) is 3.75. The Morgan fingerprint density at radius 3 is 2.82 bits per heavy atom. The van der Waals surface area contributed by atoms with E-state index in [2.05, 4.69) is 10.6 Å². The maximum atomic E-state index is 11.8. The van der Waals surface area contributed by atoms with Crippen molar-refractivity contribution in [2.45, 2.75) is 12.8 Å². The van der Waals surface area contributed by atoms with Crippen LogP contribution in [0.2, 0.25) is 4.34 Å². The van der Waals surface area contributed by atoms with Crippen LogP contribution in [0.5, 0.6) is 0 Å². The highest BCUT2D eigenvalue weighted by Gasteiger charge is 2.20. The number of amides is 1. The fourth-order valence-electron chi connectivity index (χ4n) is 1.58. The molecule has 1 aliphatic heterocycles. The summed E-state index contributed by atoms with van der Waals surface area (Å²) in [7, 11) is 0. The van der Waals surface area contributed by atoms with Gasteiger partial charge in [0, 0.05) is 30.4 Å². The fraction of sp³-hybridized carbons (Fsp3) is 0.545. The van der Waals surface area contributed by atoms with Crippen molar-refractivity contribution in [2.75, 3.05) is 19.6 Å². The molecule has 96 valence electrons. The predicted octanol–water partition coefficient (Wildman–Crippen LogP) is 2.26. The van der Waals surface area contributed by atoms with Gasteiger partial charge in [-0.3, -0.25) is 4.79 Å². The molecule has 2 N–H and O–H groups in total. The number of hydrogen-bond acceptors (Lipinski definition) is 3. The molecule has 1 amide bonds. The van der Waals surface area contributed by atoms with Crippen LogP contribution in [0.1, 0.15) is 17.7 Å². The van der Waals surface area contributed by atoms with Crippen LogP contribution >= 0.6 is 35.3 Å². The molecule has 0 radical (unpaired) electrons. The number of nitrogens with one attached hydrogen (secondary N) is 2. The van der Waals surface area contributed by atoms with Crippen LogP contribution in [0.4, 0.5) is 0 Å². The van der Waals surface area contributed by atoms with E-state index < -0.39 is 0 Å². The lowest BCUT2D eigenvalue weighted by Gasteiger charge is -2.27. The van der Waals surface area contributed by atoms with Crippen molar-refractivity contribution in [3.8, 4) is 0 Å². The smallest absolute Gasteiger partial charge is 0.228 e. The molecule has 2 rings (SSSR count). The highest BCUT2D eigenvalue weighted by Crippen LogP contribution is 2.28. The van der Waals surface area contributed by atoms with Crippen LogP contribution < -0.4 is 10.6 Å². The average Bonchev–Trinajstić information content (AvgIpc) is 2.61. The van der Waals surface area contributed by atoms with Crippen molar-refractivity contribution in [3.63, 3.8) is 0 Å². The summed E-state index contributed by atoms with van der Waals surface area (Å²) >= 11 is 7.32. The molecule has 0 saturated carbocycles. The minimum absolute atomic E-state index is 0. The van der Waals surface area contributed by atoms with Gasteiger partial charge in [-0.2, -0.15) is 0 Å². The summed E-state index contributed by atoms with van der Waals surface area (Å²) in [5.41, 5.74) is 0. The van der Waals surface area contributed by atoms with Crippen LogP contribution in [0.3, 0.4) is 0 Å². The Morgan fingerprint density at radius 1 is 1.65 bits per heavy atom. The van der Waals surface area contributed by atoms with Crippen molar-refractivity contribution in [3.05, 3.63) is 21.3 Å². The summed E-state index contributed by atoms with van der Waals surface area (Å²) in [5, 5.41) is 6.16. The van der Waals surface area contributed by atoms with Gasteiger partial charge in [-0.25, -0.2) is 0 Å². The Bertz CT molecular complexity index is 379. The maximum absolute atomic E-state index is 11.8. The van der Waals surface area contributed by atoms with Crippen LogP contribution in [0.15, 0.2) is 12.1 Å². The first-order valence-corrected chi connectivity index (χ1v) is 6.60. The molecule has 1 aromatic heterocycles. The number of rotatable bonds is 4. The fourth-order valence-corrected chi connectivity index (χ4v) is 2.69. The quantitative estimate of drug-likeness (QED) is 0.894. The van der Waals surface area contributed by atoms with Gasteiger partial charge in [0.2, 0.25) is 5.91 Å². The molecule has 0 spiro atoms. The summed E-state index contributed by atoms with van der Waals surface area (Å²) in [6.07, 6.45) is 0. The molecule has 1 atom stereocenters. The summed E-state index contributed by atoms with van der Waals surface area (Å²) < 4.78 is 0.734. The van der Waals surface area contributed by atoms with Gasteiger partial charge in [-0.15, -0.1) is 23.7 Å². The lowest BCUT2D eigenvalue weighted by Crippen LogP contribution is -2.48. The highest BCUT2D eigenvalue weighted by atomic mass is 35.5. The SMILES string of the molecule is CC(C(=O)NCC1CNC1)c1ccc(Cl)s1.Cl. The first-order chi connectivity index (χ1) is 7.66. The Balaban J connectivity index is 0.00000144. The molecule has 6 heteroatoms. The largest absolute Gasteiger partial charge is 0.355 e. The van der Waals surface area contributed by atoms with Gasteiger partial charge in [-0.05, 0) is 19.1 Å². The van der Waals surface area contributed by atoms with E-state index in [0.29, 0.717) is 5.92 Å². The Morgan fingerprint density at radius 2 is 2.35 bits per heavy atom. The van der Waals surface area contributed by atoms with E-state index in [1.807, 2.05) is 19.1 Å². The van der Waals surface area contributed by atoms with Gasteiger partial charge in [0.1, 0.15) is 0 Å². The second kappa shape index (κ2) is 6.59. The molecule has 1 fully saturated rings. The molecular formula is C11H16Cl2N2OS. The van der Waals surface area contributed by atoms with Crippen molar-refractivity contribution in [1.82, 2.24) is 10.6 Å². The summed E-state index contributed by atoms with van der Waals surface area (Å²) in [5.74, 6) is 0.582. The molecule has 0 aliphatic carbocycles. The highest BCUT2D eigenvalue weighted by molar-refractivity contribution is 7.16. The molecule has 3 nitrogen and oxygen atoms in total. The lowest BCUT2D eigenvalue weighted by atomic mass is 10.0. The zero-order valence-electron chi connectivity index (χ0n) is 9.53. The minimum Gasteiger partial charge on any atom is -0.355 e. The van der Waals surface area contributed by atoms with Crippen molar-refractivity contribution in [1.29, 1.82) is 0 Å². The van der Waals surface area contributed by atoms with Gasteiger partial charge in [0.15, 0.2) is 0 Å². The molecule has 0 bridgehead atoms. The van der Waals surface area contributed by atoms with Gasteiger partial charge in [0.05, 0.1) is 10.3 Å². The van der Waals surface area contributed by atoms with Crippen LogP contribution in [-0.4, -0.2) is 25.5 Å². The molecule has 0 aromatic carbocycles. The van der Waals surface area contributed by atoms with Crippen LogP contribution in [0, 0.1) is 5.92 Å². The third-order valence-electron chi connectivity index (χ3n) is 2.85. The van der Waals surface area contributed by atoms with Crippen LogP contribution in [0.25, 0.3) is 0 Å². The monoisotopic (exact) mass is 294 g/mol. The van der Waals surface area contributed by atoms with Crippen molar-refractivity contribution in [2.24, 2.45) is 5.92 Å². The molecule has 1 unspecified atom stereocenters. The van der Waals surface area contributed by atoms with E-state index in [1.54, 1.807) is 0 Å². The standard InChI is InChI=1S/C11H15ClN2OS.ClH/c1-7(9-2-3-10(12)16-9)11(15)14-6-8-4-13-5-8;/h2-3,7-8,13H,4-6H2,1H3,(H,14,15);1H. The first-order valence-electron chi connectivity index (χ1n) is 5.40. The number of thiophene rings is 1. The van der Waals surface area contributed by atoms with E-state index in [-0.39, 0.29) is 24.2 Å². The third-order valence-corrected chi connectivity index (χ3v) is 4.26. The topological polar surface area (TPSA) is 41.1 Å². The average molecular weight is 295 g/mol. The molecular weight excluding hydrogens is 279 g/mol. The van der Waals surface area contributed by atoms with Gasteiger partial charge in [-0.1, -0.05) is 11.6 Å². The molecule has 1 aliphatic rings.